The van der Waals surface area contributed by atoms with Gasteiger partial charge < -0.3 is 4.74 Å². The van der Waals surface area contributed by atoms with E-state index in [1.807, 2.05) is 51.4 Å². The molecule has 0 aromatic carbocycles. The molecule has 14 radical (unpaired) electrons. The fourth-order valence-electron chi connectivity index (χ4n) is 2.43. The van der Waals surface area contributed by atoms with E-state index in [0.717, 1.165) is 13.2 Å². The van der Waals surface area contributed by atoms with Gasteiger partial charge in [0, 0.05) is 54.5 Å². The van der Waals surface area contributed by atoms with Crippen LogP contribution in [0.25, 0.3) is 0 Å². The molecule has 1 saturated heterocycles. The maximum absolute atomic E-state index is 4.94. The van der Waals surface area contributed by atoms with Crippen LogP contribution in [0.4, 0.5) is 0 Å². The van der Waals surface area contributed by atoms with Crippen molar-refractivity contribution >= 4 is 0 Å². The van der Waals surface area contributed by atoms with E-state index in [4.69, 9.17) is 4.74 Å². The molecule has 128 valence electrons. The summed E-state index contributed by atoms with van der Waals surface area (Å²) in [5, 5.41) is 0. The van der Waals surface area contributed by atoms with Crippen LogP contribution in [0.3, 0.4) is 0 Å². The number of ether oxygens (including phenoxy) is 1. The summed E-state index contributed by atoms with van der Waals surface area (Å²) >= 11 is 0. The molecule has 0 spiro atoms. The quantitative estimate of drug-likeness (QED) is 0.478. The second-order valence-electron chi connectivity index (χ2n) is 5.98. The monoisotopic (exact) mass is 452 g/mol. The standard InChI is InChI=1S/C10H15.C8H8.C4H8O.Pr/c1-6-7(2)9(4)10(5)8(6)3;1-2-4-6-8-7-5-3-1;1-2-4-5-3-1;/h1-5H3;1-8H;1-4H2;. The van der Waals surface area contributed by atoms with Gasteiger partial charge in [-0.15, -0.1) is 0 Å². The molecule has 0 amide bonds. The van der Waals surface area contributed by atoms with Crippen molar-refractivity contribution in [2.45, 2.75) is 47.5 Å². The summed E-state index contributed by atoms with van der Waals surface area (Å²) in [6, 6.07) is 0. The molecule has 3 aliphatic rings. The Hall–Kier alpha value is 1.32. The van der Waals surface area contributed by atoms with Gasteiger partial charge in [0.15, 0.2) is 0 Å². The third-order valence-corrected chi connectivity index (χ3v) is 4.53. The Morgan fingerprint density at radius 2 is 0.708 bits per heavy atom. The van der Waals surface area contributed by atoms with Crippen molar-refractivity contribution < 1.29 is 46.0 Å². The number of rotatable bonds is 0. The van der Waals surface area contributed by atoms with Gasteiger partial charge in [-0.1, -0.05) is 34.6 Å². The molecule has 2 heteroatoms. The van der Waals surface area contributed by atoms with Gasteiger partial charge in [-0.25, -0.2) is 0 Å². The molecule has 1 nitrogen and oxygen atoms in total. The molecule has 0 bridgehead atoms. The molecule has 2 saturated carbocycles. The fraction of sp³-hybridized carbons (Fsp3) is 0.409. The van der Waals surface area contributed by atoms with Crippen LogP contribution in [0.15, 0.2) is 0 Å². The molecule has 24 heavy (non-hydrogen) atoms. The zero-order valence-electron chi connectivity index (χ0n) is 15.9. The zero-order valence-corrected chi connectivity index (χ0v) is 19.6. The van der Waals surface area contributed by atoms with Crippen LogP contribution < -0.4 is 0 Å². The van der Waals surface area contributed by atoms with E-state index < -0.39 is 0 Å². The minimum Gasteiger partial charge on any atom is -0.381 e. The second-order valence-corrected chi connectivity index (χ2v) is 5.98. The van der Waals surface area contributed by atoms with Gasteiger partial charge in [0.2, 0.25) is 0 Å². The smallest absolute Gasteiger partial charge is 0.0466 e. The molecule has 3 rings (SSSR count). The average Bonchev–Trinajstić information content (AvgIpc) is 3.15. The Labute approximate surface area is 186 Å². The fourth-order valence-corrected chi connectivity index (χ4v) is 2.43. The summed E-state index contributed by atoms with van der Waals surface area (Å²) in [7, 11) is 0. The molecule has 1 aliphatic heterocycles. The number of hydrogen-bond donors (Lipinski definition) is 0. The number of hydrogen-bond acceptors (Lipinski definition) is 1. The predicted molar refractivity (Wildman–Crippen MR) is 99.0 cm³/mol. The molecular weight excluding hydrogens is 421 g/mol. The van der Waals surface area contributed by atoms with Gasteiger partial charge in [-0.05, 0) is 93.8 Å². The topological polar surface area (TPSA) is 9.23 Å². The minimum atomic E-state index is 0. The molecule has 2 aliphatic carbocycles. The van der Waals surface area contributed by atoms with Gasteiger partial charge in [0.25, 0.3) is 0 Å². The van der Waals surface area contributed by atoms with Crippen molar-refractivity contribution in [2.75, 3.05) is 13.2 Å². The Bertz CT molecular complexity index is 201. The van der Waals surface area contributed by atoms with E-state index >= 15 is 0 Å². The Morgan fingerprint density at radius 3 is 0.833 bits per heavy atom. The Morgan fingerprint density at radius 1 is 0.500 bits per heavy atom. The molecule has 1 heterocycles. The first kappa shape index (κ1) is 25.3. The molecule has 0 aromatic rings. The summed E-state index contributed by atoms with van der Waals surface area (Å²) in [5.74, 6) is 7.34. The van der Waals surface area contributed by atoms with Crippen LogP contribution in [-0.4, -0.2) is 13.2 Å². The van der Waals surface area contributed by atoms with Crippen LogP contribution >= 0.6 is 0 Å². The van der Waals surface area contributed by atoms with Crippen LogP contribution in [0.2, 0.25) is 0 Å². The molecule has 0 N–H and O–H groups in total. The second kappa shape index (κ2) is 15.4. The van der Waals surface area contributed by atoms with Crippen LogP contribution in [0.1, 0.15) is 47.5 Å². The van der Waals surface area contributed by atoms with Gasteiger partial charge in [0.05, 0.1) is 0 Å². The largest absolute Gasteiger partial charge is 0.381 e. The molecule has 3 fully saturated rings. The molecular formula is C22H31OPr. The maximum atomic E-state index is 4.94. The van der Waals surface area contributed by atoms with Crippen molar-refractivity contribution in [3.8, 4) is 0 Å². The van der Waals surface area contributed by atoms with E-state index in [9.17, 15) is 0 Å². The summed E-state index contributed by atoms with van der Waals surface area (Å²) in [6.07, 6.45) is 18.6. The molecule has 0 atom stereocenters. The predicted octanol–water partition coefficient (Wildman–Crippen LogP) is 5.40. The van der Waals surface area contributed by atoms with Gasteiger partial charge >= 0.3 is 0 Å². The first-order valence-electron chi connectivity index (χ1n) is 8.49. The van der Waals surface area contributed by atoms with E-state index in [2.05, 4.69) is 34.6 Å². The van der Waals surface area contributed by atoms with Crippen LogP contribution in [0.5, 0.6) is 0 Å². The normalized spacial score (nSPS) is 24.9. The third-order valence-electron chi connectivity index (χ3n) is 4.53. The summed E-state index contributed by atoms with van der Waals surface area (Å²) < 4.78 is 4.94. The Kier molecular flexibility index (Phi) is 16.2. The zero-order chi connectivity index (χ0) is 17.1. The van der Waals surface area contributed by atoms with E-state index in [1.54, 1.807) is 0 Å². The molecule has 0 aromatic heterocycles. The van der Waals surface area contributed by atoms with E-state index in [1.165, 1.54) is 42.4 Å². The van der Waals surface area contributed by atoms with Crippen molar-refractivity contribution in [3.63, 3.8) is 0 Å². The summed E-state index contributed by atoms with van der Waals surface area (Å²) in [6.45, 7) is 13.0. The average molecular weight is 452 g/mol. The van der Waals surface area contributed by atoms with Crippen molar-refractivity contribution in [1.82, 2.24) is 0 Å². The van der Waals surface area contributed by atoms with Crippen molar-refractivity contribution in [2.24, 2.45) is 0 Å². The van der Waals surface area contributed by atoms with Crippen LogP contribution in [0, 0.1) is 122 Å². The SMILES string of the molecule is C1CCOC1.C[C]1[C](C)[C](C)[C](C)[C]1C.[CH]1[CH][CH][CH][CH][CH][CH][CH]1.[Pr]. The molecule has 0 unspecified atom stereocenters. The maximum Gasteiger partial charge on any atom is 0.0466 e. The Balaban J connectivity index is 0.000000340. The minimum absolute atomic E-state index is 0. The van der Waals surface area contributed by atoms with E-state index in [0.29, 0.717) is 0 Å². The first-order chi connectivity index (χ1) is 11.1. The van der Waals surface area contributed by atoms with Crippen molar-refractivity contribution in [1.29, 1.82) is 0 Å². The summed E-state index contributed by atoms with van der Waals surface area (Å²) in [4.78, 5) is 0. The third kappa shape index (κ3) is 9.87. The first-order valence-corrected chi connectivity index (χ1v) is 8.49. The van der Waals surface area contributed by atoms with E-state index in [-0.39, 0.29) is 41.3 Å². The van der Waals surface area contributed by atoms with Crippen LogP contribution in [-0.2, 0) is 4.74 Å². The van der Waals surface area contributed by atoms with Gasteiger partial charge in [0.1, 0.15) is 0 Å². The van der Waals surface area contributed by atoms with Gasteiger partial charge in [-0.2, -0.15) is 0 Å². The van der Waals surface area contributed by atoms with Crippen molar-refractivity contribution in [3.05, 3.63) is 81.0 Å². The summed E-state index contributed by atoms with van der Waals surface area (Å²) in [5.41, 5.74) is 0. The van der Waals surface area contributed by atoms with Gasteiger partial charge in [-0.3, -0.25) is 0 Å².